The zero-order chi connectivity index (χ0) is 11.3. The highest BCUT2D eigenvalue weighted by atomic mass is 32.2. The van der Waals surface area contributed by atoms with Gasteiger partial charge in [0.2, 0.25) is 0 Å². The topological polar surface area (TPSA) is 53.1 Å². The summed E-state index contributed by atoms with van der Waals surface area (Å²) < 4.78 is 0. The highest BCUT2D eigenvalue weighted by Gasteiger charge is 2.32. The van der Waals surface area contributed by atoms with Crippen molar-refractivity contribution < 1.29 is 0 Å². The van der Waals surface area contributed by atoms with E-state index in [2.05, 4.69) is 18.1 Å². The van der Waals surface area contributed by atoms with Crippen molar-refractivity contribution in [3.63, 3.8) is 0 Å². The average Bonchev–Trinajstić information content (AvgIpc) is 2.21. The molecule has 0 atom stereocenters. The highest BCUT2D eigenvalue weighted by molar-refractivity contribution is 7.98. The summed E-state index contributed by atoms with van der Waals surface area (Å²) in [6.45, 7) is 5.53. The van der Waals surface area contributed by atoms with Gasteiger partial charge in [-0.05, 0) is 50.9 Å². The molecular formula is C11H23N3S. The molecule has 0 unspecified atom stereocenters. The zero-order valence-corrected chi connectivity index (χ0v) is 10.7. The van der Waals surface area contributed by atoms with Gasteiger partial charge in [0.25, 0.3) is 0 Å². The fourth-order valence-corrected chi connectivity index (χ4v) is 2.39. The smallest absolute Gasteiger partial charge is 0.0966 e. The highest BCUT2D eigenvalue weighted by Crippen LogP contribution is 2.30. The second-order valence-electron chi connectivity index (χ2n) is 4.66. The third kappa shape index (κ3) is 3.68. The van der Waals surface area contributed by atoms with Gasteiger partial charge in [-0.25, -0.2) is 0 Å². The first-order chi connectivity index (χ1) is 7.08. The summed E-state index contributed by atoms with van der Waals surface area (Å²) in [4.78, 5) is 2.50. The molecule has 3 nitrogen and oxygen atoms in total. The molecule has 4 heteroatoms. The van der Waals surface area contributed by atoms with Crippen molar-refractivity contribution in [3.05, 3.63) is 0 Å². The number of piperidine rings is 1. The first-order valence-corrected chi connectivity index (χ1v) is 7.04. The van der Waals surface area contributed by atoms with Crippen LogP contribution in [0.4, 0.5) is 0 Å². The fourth-order valence-electron chi connectivity index (χ4n) is 1.97. The van der Waals surface area contributed by atoms with Crippen LogP contribution < -0.4 is 5.73 Å². The number of thioether (sulfide) groups is 1. The van der Waals surface area contributed by atoms with Gasteiger partial charge in [0.1, 0.15) is 0 Å². The lowest BCUT2D eigenvalue weighted by atomic mass is 9.79. The van der Waals surface area contributed by atoms with E-state index in [1.165, 1.54) is 18.7 Å². The fraction of sp³-hybridized carbons (Fsp3) is 0.909. The van der Waals surface area contributed by atoms with Gasteiger partial charge in [0.15, 0.2) is 0 Å². The number of nitrogens with one attached hydrogen (secondary N) is 1. The van der Waals surface area contributed by atoms with Crippen molar-refractivity contribution in [1.82, 2.24) is 4.90 Å². The Hall–Kier alpha value is -0.220. The molecule has 0 aliphatic carbocycles. The Balaban J connectivity index is 2.26. The molecule has 1 rings (SSSR count). The van der Waals surface area contributed by atoms with Gasteiger partial charge in [0.05, 0.1) is 5.84 Å². The molecule has 3 N–H and O–H groups in total. The first-order valence-electron chi connectivity index (χ1n) is 5.64. The molecule has 0 bridgehead atoms. The standard InChI is InChI=1S/C11H23N3S/c1-11(10(12)13)4-7-14(8-5-11)6-3-9-15-2/h3-9H2,1-2H3,(H3,12,13). The van der Waals surface area contributed by atoms with Crippen molar-refractivity contribution in [2.45, 2.75) is 26.2 Å². The van der Waals surface area contributed by atoms with Crippen molar-refractivity contribution in [1.29, 1.82) is 5.41 Å². The average molecular weight is 229 g/mol. The summed E-state index contributed by atoms with van der Waals surface area (Å²) in [7, 11) is 0. The summed E-state index contributed by atoms with van der Waals surface area (Å²) in [5.41, 5.74) is 5.60. The van der Waals surface area contributed by atoms with E-state index in [9.17, 15) is 0 Å². The maximum atomic E-state index is 7.58. The molecule has 1 fully saturated rings. The molecule has 1 heterocycles. The number of amidine groups is 1. The molecule has 0 amide bonds. The van der Waals surface area contributed by atoms with Crippen LogP contribution >= 0.6 is 11.8 Å². The summed E-state index contributed by atoms with van der Waals surface area (Å²) in [5, 5.41) is 7.58. The Labute approximate surface area is 97.3 Å². The molecule has 1 aliphatic heterocycles. The van der Waals surface area contributed by atoms with Crippen LogP contribution in [0.15, 0.2) is 0 Å². The largest absolute Gasteiger partial charge is 0.387 e. The van der Waals surface area contributed by atoms with Crippen molar-refractivity contribution in [2.24, 2.45) is 11.1 Å². The summed E-state index contributed by atoms with van der Waals surface area (Å²) in [6.07, 6.45) is 5.52. The number of rotatable bonds is 5. The quantitative estimate of drug-likeness (QED) is 0.429. The Morgan fingerprint density at radius 1 is 1.47 bits per heavy atom. The lowest BCUT2D eigenvalue weighted by Gasteiger charge is -2.38. The second kappa shape index (κ2) is 5.75. The minimum atomic E-state index is -0.0317. The molecule has 1 aliphatic rings. The van der Waals surface area contributed by atoms with E-state index >= 15 is 0 Å². The number of nitrogens with two attached hydrogens (primary N) is 1. The van der Waals surface area contributed by atoms with E-state index in [0.717, 1.165) is 25.9 Å². The minimum Gasteiger partial charge on any atom is -0.387 e. The van der Waals surface area contributed by atoms with Crippen LogP contribution in [0.1, 0.15) is 26.2 Å². The minimum absolute atomic E-state index is 0.0317. The van der Waals surface area contributed by atoms with Gasteiger partial charge in [-0.15, -0.1) is 0 Å². The molecule has 0 aromatic carbocycles. The SMILES string of the molecule is CSCCCN1CCC(C)(C(=N)N)CC1. The Bertz CT molecular complexity index is 210. The van der Waals surface area contributed by atoms with E-state index < -0.39 is 0 Å². The third-order valence-electron chi connectivity index (χ3n) is 3.43. The second-order valence-corrected chi connectivity index (χ2v) is 5.65. The normalized spacial score (nSPS) is 21.5. The van der Waals surface area contributed by atoms with Crippen LogP contribution in [0, 0.1) is 10.8 Å². The Kier molecular flexibility index (Phi) is 4.93. The molecule has 0 spiro atoms. The molecule has 88 valence electrons. The summed E-state index contributed by atoms with van der Waals surface area (Å²) in [6, 6.07) is 0. The van der Waals surface area contributed by atoms with Crippen LogP contribution in [-0.2, 0) is 0 Å². The van der Waals surface area contributed by atoms with E-state index in [4.69, 9.17) is 11.1 Å². The van der Waals surface area contributed by atoms with E-state index in [-0.39, 0.29) is 5.41 Å². The summed E-state index contributed by atoms with van der Waals surface area (Å²) >= 11 is 1.91. The van der Waals surface area contributed by atoms with Crippen LogP contribution in [-0.4, -0.2) is 42.4 Å². The van der Waals surface area contributed by atoms with Crippen LogP contribution in [0.2, 0.25) is 0 Å². The first kappa shape index (κ1) is 12.8. The lowest BCUT2D eigenvalue weighted by molar-refractivity contribution is 0.163. The van der Waals surface area contributed by atoms with Crippen LogP contribution in [0.3, 0.4) is 0 Å². The number of hydrogen-bond donors (Lipinski definition) is 2. The summed E-state index contributed by atoms with van der Waals surface area (Å²) in [5.74, 6) is 1.62. The van der Waals surface area contributed by atoms with Gasteiger partial charge in [-0.2, -0.15) is 11.8 Å². The Morgan fingerprint density at radius 2 is 2.07 bits per heavy atom. The van der Waals surface area contributed by atoms with Crippen LogP contribution in [0.25, 0.3) is 0 Å². The van der Waals surface area contributed by atoms with Crippen molar-refractivity contribution >= 4 is 17.6 Å². The van der Waals surface area contributed by atoms with Gasteiger partial charge in [0, 0.05) is 5.41 Å². The molecule has 15 heavy (non-hydrogen) atoms. The van der Waals surface area contributed by atoms with E-state index in [0.29, 0.717) is 5.84 Å². The molecule has 0 radical (unpaired) electrons. The van der Waals surface area contributed by atoms with Gasteiger partial charge in [-0.3, -0.25) is 5.41 Å². The lowest BCUT2D eigenvalue weighted by Crippen LogP contribution is -2.45. The Morgan fingerprint density at radius 3 is 2.53 bits per heavy atom. The van der Waals surface area contributed by atoms with Gasteiger partial charge in [-0.1, -0.05) is 6.92 Å². The zero-order valence-electron chi connectivity index (χ0n) is 9.88. The maximum Gasteiger partial charge on any atom is 0.0966 e. The van der Waals surface area contributed by atoms with Crippen LogP contribution in [0.5, 0.6) is 0 Å². The molecule has 0 aromatic rings. The molecule has 0 aromatic heterocycles. The number of hydrogen-bond acceptors (Lipinski definition) is 3. The maximum absolute atomic E-state index is 7.58. The van der Waals surface area contributed by atoms with E-state index in [1.807, 2.05) is 11.8 Å². The van der Waals surface area contributed by atoms with Crippen molar-refractivity contribution in [3.8, 4) is 0 Å². The monoisotopic (exact) mass is 229 g/mol. The number of nitrogens with zero attached hydrogens (tertiary/aromatic N) is 1. The number of likely N-dealkylation sites (tertiary alicyclic amines) is 1. The van der Waals surface area contributed by atoms with E-state index in [1.54, 1.807) is 0 Å². The van der Waals surface area contributed by atoms with Gasteiger partial charge >= 0.3 is 0 Å². The molecule has 1 saturated heterocycles. The molecular weight excluding hydrogens is 206 g/mol. The van der Waals surface area contributed by atoms with Gasteiger partial charge < -0.3 is 10.6 Å². The van der Waals surface area contributed by atoms with Crippen molar-refractivity contribution in [2.75, 3.05) is 31.6 Å². The predicted octanol–water partition coefficient (Wildman–Crippen LogP) is 1.78. The predicted molar refractivity (Wildman–Crippen MR) is 68.7 cm³/mol. The third-order valence-corrected chi connectivity index (χ3v) is 4.13. The molecule has 0 saturated carbocycles.